The molecule has 0 aliphatic rings. The molecule has 4 nitrogen and oxygen atoms in total. The van der Waals surface area contributed by atoms with Gasteiger partial charge in [-0.15, -0.1) is 12.4 Å². The van der Waals surface area contributed by atoms with Crippen molar-refractivity contribution in [3.8, 4) is 5.75 Å². The molecular weight excluding hydrogens is 326 g/mol. The maximum absolute atomic E-state index is 11.8. The molecule has 0 fully saturated rings. The van der Waals surface area contributed by atoms with Crippen molar-refractivity contribution in [2.45, 2.75) is 19.6 Å². The van der Waals surface area contributed by atoms with Gasteiger partial charge in [-0.2, -0.15) is 0 Å². The molecule has 130 valence electrons. The third kappa shape index (κ3) is 7.49. The maximum Gasteiger partial charge on any atom is 0.344 e. The van der Waals surface area contributed by atoms with Crippen LogP contribution in [-0.2, 0) is 16.1 Å². The highest BCUT2D eigenvalue weighted by atomic mass is 35.5. The van der Waals surface area contributed by atoms with Crippen LogP contribution >= 0.6 is 12.4 Å². The standard InChI is InChI=1S/C19H23NO3.ClH/c1-16(13-20(2)14-17-9-5-3-6-10-17)23-19(21)15-22-18-11-7-4-8-12-18;/h3-12,16H,13-15H2,1-2H3;1H. The van der Waals surface area contributed by atoms with Gasteiger partial charge in [0.1, 0.15) is 11.9 Å². The number of likely N-dealkylation sites (N-methyl/N-ethyl adjacent to an activating group) is 1. The number of carbonyl (C=O) groups excluding carboxylic acids is 1. The Kier molecular flexibility index (Phi) is 8.90. The molecule has 0 amide bonds. The number of para-hydroxylation sites is 1. The predicted molar refractivity (Wildman–Crippen MR) is 97.5 cm³/mol. The summed E-state index contributed by atoms with van der Waals surface area (Å²) in [5, 5.41) is 0. The summed E-state index contributed by atoms with van der Waals surface area (Å²) in [6.07, 6.45) is -0.185. The number of rotatable bonds is 8. The Morgan fingerprint density at radius 2 is 1.62 bits per heavy atom. The molecule has 0 aliphatic heterocycles. The fourth-order valence-electron chi connectivity index (χ4n) is 2.35. The van der Waals surface area contributed by atoms with Crippen LogP contribution in [0.1, 0.15) is 12.5 Å². The van der Waals surface area contributed by atoms with Gasteiger partial charge < -0.3 is 9.47 Å². The lowest BCUT2D eigenvalue weighted by Gasteiger charge is -2.21. The SMILES string of the molecule is CC(CN(C)Cc1ccccc1)OC(=O)COc1ccccc1.Cl. The van der Waals surface area contributed by atoms with Crippen LogP contribution in [0.5, 0.6) is 5.75 Å². The topological polar surface area (TPSA) is 38.8 Å². The molecule has 5 heteroatoms. The van der Waals surface area contributed by atoms with Crippen molar-refractivity contribution >= 4 is 18.4 Å². The van der Waals surface area contributed by atoms with E-state index >= 15 is 0 Å². The van der Waals surface area contributed by atoms with Crippen LogP contribution in [-0.4, -0.2) is 37.2 Å². The van der Waals surface area contributed by atoms with E-state index in [1.807, 2.05) is 62.5 Å². The number of hydrogen-bond donors (Lipinski definition) is 0. The van der Waals surface area contributed by atoms with E-state index in [0.29, 0.717) is 12.3 Å². The summed E-state index contributed by atoms with van der Waals surface area (Å²) in [7, 11) is 2.01. The Hall–Kier alpha value is -2.04. The van der Waals surface area contributed by atoms with Crippen LogP contribution in [0.2, 0.25) is 0 Å². The lowest BCUT2D eigenvalue weighted by molar-refractivity contribution is -0.151. The predicted octanol–water partition coefficient (Wildman–Crippen LogP) is 3.55. The van der Waals surface area contributed by atoms with Crippen LogP contribution in [0, 0.1) is 0 Å². The average molecular weight is 350 g/mol. The van der Waals surface area contributed by atoms with E-state index in [-0.39, 0.29) is 31.1 Å². The Balaban J connectivity index is 0.00000288. The molecule has 0 aromatic heterocycles. The van der Waals surface area contributed by atoms with Gasteiger partial charge >= 0.3 is 5.97 Å². The van der Waals surface area contributed by atoms with Gasteiger partial charge in [-0.25, -0.2) is 4.79 Å². The molecule has 24 heavy (non-hydrogen) atoms. The zero-order valence-electron chi connectivity index (χ0n) is 14.1. The molecule has 2 rings (SSSR count). The fraction of sp³-hybridized carbons (Fsp3) is 0.316. The first-order valence-electron chi connectivity index (χ1n) is 7.73. The molecule has 0 bridgehead atoms. The normalized spacial score (nSPS) is 11.5. The van der Waals surface area contributed by atoms with Crippen LogP contribution in [0.25, 0.3) is 0 Å². The molecule has 0 aliphatic carbocycles. The van der Waals surface area contributed by atoms with E-state index in [9.17, 15) is 4.79 Å². The zero-order chi connectivity index (χ0) is 16.5. The molecule has 0 saturated carbocycles. The highest BCUT2D eigenvalue weighted by molar-refractivity contribution is 5.85. The summed E-state index contributed by atoms with van der Waals surface area (Å²) in [5.41, 5.74) is 1.24. The quantitative estimate of drug-likeness (QED) is 0.683. The van der Waals surface area contributed by atoms with E-state index in [2.05, 4.69) is 17.0 Å². The zero-order valence-corrected chi connectivity index (χ0v) is 14.9. The van der Waals surface area contributed by atoms with Crippen LogP contribution in [0.4, 0.5) is 0 Å². The van der Waals surface area contributed by atoms with E-state index in [1.54, 1.807) is 0 Å². The third-order valence-electron chi connectivity index (χ3n) is 3.30. The van der Waals surface area contributed by atoms with E-state index in [1.165, 1.54) is 5.56 Å². The first kappa shape index (κ1) is 20.0. The molecule has 0 heterocycles. The van der Waals surface area contributed by atoms with Gasteiger partial charge in [0.2, 0.25) is 0 Å². The number of nitrogens with zero attached hydrogens (tertiary/aromatic N) is 1. The minimum atomic E-state index is -0.352. The van der Waals surface area contributed by atoms with Crippen LogP contribution in [0.3, 0.4) is 0 Å². The molecule has 1 atom stereocenters. The van der Waals surface area contributed by atoms with E-state index in [0.717, 1.165) is 6.54 Å². The molecule has 1 unspecified atom stereocenters. The van der Waals surface area contributed by atoms with Gasteiger partial charge in [0.25, 0.3) is 0 Å². The minimum absolute atomic E-state index is 0. The number of carbonyl (C=O) groups is 1. The second kappa shape index (κ2) is 10.7. The number of esters is 1. The summed E-state index contributed by atoms with van der Waals surface area (Å²) < 4.78 is 10.8. The molecule has 0 N–H and O–H groups in total. The Bertz CT molecular complexity index is 592. The number of benzene rings is 2. The van der Waals surface area contributed by atoms with Crippen molar-refractivity contribution in [2.75, 3.05) is 20.2 Å². The van der Waals surface area contributed by atoms with E-state index < -0.39 is 0 Å². The first-order valence-corrected chi connectivity index (χ1v) is 7.73. The summed E-state index contributed by atoms with van der Waals surface area (Å²) in [5.74, 6) is 0.313. The van der Waals surface area contributed by atoms with Gasteiger partial charge in [0.15, 0.2) is 6.61 Å². The molecule has 2 aromatic rings. The van der Waals surface area contributed by atoms with Crippen molar-refractivity contribution in [3.05, 3.63) is 66.2 Å². The maximum atomic E-state index is 11.8. The smallest absolute Gasteiger partial charge is 0.344 e. The molecule has 0 saturated heterocycles. The molecule has 0 radical (unpaired) electrons. The van der Waals surface area contributed by atoms with Gasteiger partial charge in [-0.05, 0) is 31.7 Å². The van der Waals surface area contributed by atoms with Gasteiger partial charge in [-0.3, -0.25) is 4.90 Å². The summed E-state index contributed by atoms with van der Waals surface area (Å²) in [6.45, 7) is 3.31. The first-order chi connectivity index (χ1) is 11.1. The second-order valence-electron chi connectivity index (χ2n) is 5.58. The lowest BCUT2D eigenvalue weighted by atomic mass is 10.2. The van der Waals surface area contributed by atoms with Crippen LogP contribution in [0.15, 0.2) is 60.7 Å². The van der Waals surface area contributed by atoms with Gasteiger partial charge in [-0.1, -0.05) is 48.5 Å². The molecule has 2 aromatic carbocycles. The van der Waals surface area contributed by atoms with E-state index in [4.69, 9.17) is 9.47 Å². The summed E-state index contributed by atoms with van der Waals surface area (Å²) in [4.78, 5) is 13.9. The monoisotopic (exact) mass is 349 g/mol. The Labute approximate surface area is 149 Å². The summed E-state index contributed by atoms with van der Waals surface area (Å²) >= 11 is 0. The number of halogens is 1. The second-order valence-corrected chi connectivity index (χ2v) is 5.58. The van der Waals surface area contributed by atoms with Crippen molar-refractivity contribution in [1.29, 1.82) is 0 Å². The highest BCUT2D eigenvalue weighted by Crippen LogP contribution is 2.08. The fourth-order valence-corrected chi connectivity index (χ4v) is 2.35. The Morgan fingerprint density at radius 1 is 1.04 bits per heavy atom. The van der Waals surface area contributed by atoms with Gasteiger partial charge in [0.05, 0.1) is 0 Å². The van der Waals surface area contributed by atoms with Crippen molar-refractivity contribution in [3.63, 3.8) is 0 Å². The average Bonchev–Trinajstić information content (AvgIpc) is 2.54. The van der Waals surface area contributed by atoms with Crippen molar-refractivity contribution in [1.82, 2.24) is 4.90 Å². The summed E-state index contributed by atoms with van der Waals surface area (Å²) in [6, 6.07) is 19.5. The van der Waals surface area contributed by atoms with Gasteiger partial charge in [0, 0.05) is 13.1 Å². The largest absolute Gasteiger partial charge is 0.482 e. The number of hydrogen-bond acceptors (Lipinski definition) is 4. The molecule has 0 spiro atoms. The van der Waals surface area contributed by atoms with Crippen LogP contribution < -0.4 is 4.74 Å². The minimum Gasteiger partial charge on any atom is -0.482 e. The number of ether oxygens (including phenoxy) is 2. The lowest BCUT2D eigenvalue weighted by Crippen LogP contribution is -2.31. The third-order valence-corrected chi connectivity index (χ3v) is 3.30. The highest BCUT2D eigenvalue weighted by Gasteiger charge is 2.12. The Morgan fingerprint density at radius 3 is 2.25 bits per heavy atom. The van der Waals surface area contributed by atoms with Crippen molar-refractivity contribution < 1.29 is 14.3 Å². The molecular formula is C19H24ClNO3. The van der Waals surface area contributed by atoms with Crippen molar-refractivity contribution in [2.24, 2.45) is 0 Å².